The van der Waals surface area contributed by atoms with E-state index in [9.17, 15) is 19.8 Å². The summed E-state index contributed by atoms with van der Waals surface area (Å²) in [5.41, 5.74) is -0.251. The molecule has 0 bridgehead atoms. The summed E-state index contributed by atoms with van der Waals surface area (Å²) in [6, 6.07) is 2.73. The number of aliphatic hydroxyl groups is 2. The highest BCUT2D eigenvalue weighted by Gasteiger charge is 2.24. The van der Waals surface area contributed by atoms with Crippen molar-refractivity contribution in [2.45, 2.75) is 25.6 Å². The van der Waals surface area contributed by atoms with Crippen LogP contribution in [-0.4, -0.2) is 44.8 Å². The molecule has 0 radical (unpaired) electrons. The molecule has 2 atom stereocenters. The molecule has 7 nitrogen and oxygen atoms in total. The Labute approximate surface area is 109 Å². The number of hydrogen-bond donors (Lipinski definition) is 4. The number of carbonyl (C=O) groups excluding carboxylic acids is 1. The molecule has 0 saturated heterocycles. The number of hydrogen-bond acceptors (Lipinski definition) is 5. The zero-order chi connectivity index (χ0) is 14.4. The summed E-state index contributed by atoms with van der Waals surface area (Å²) < 4.78 is 0. The normalized spacial score (nSPS) is 13.6. The zero-order valence-electron chi connectivity index (χ0n) is 10.4. The number of carboxylic acid groups (broad SMARTS) is 1. The van der Waals surface area contributed by atoms with E-state index in [1.165, 1.54) is 25.3 Å². The minimum absolute atomic E-state index is 0.0923. The van der Waals surface area contributed by atoms with Crippen molar-refractivity contribution < 1.29 is 24.9 Å². The molecule has 4 N–H and O–H groups in total. The molecule has 0 fully saturated rings. The summed E-state index contributed by atoms with van der Waals surface area (Å²) in [4.78, 5) is 25.4. The van der Waals surface area contributed by atoms with Gasteiger partial charge in [-0.2, -0.15) is 0 Å². The van der Waals surface area contributed by atoms with E-state index in [0.717, 1.165) is 0 Å². The smallest absolute Gasteiger partial charge is 0.337 e. The van der Waals surface area contributed by atoms with Gasteiger partial charge in [-0.25, -0.2) is 4.79 Å². The molecule has 0 aliphatic carbocycles. The fraction of sp³-hybridized carbons (Fsp3) is 0.417. The SMILES string of the molecule is CC(=O)NCCC(O)C(O)c1ncccc1C(=O)O. The lowest BCUT2D eigenvalue weighted by atomic mass is 10.0. The minimum Gasteiger partial charge on any atom is -0.478 e. The van der Waals surface area contributed by atoms with Crippen LogP contribution in [0.3, 0.4) is 0 Å². The van der Waals surface area contributed by atoms with Crippen LogP contribution in [0.5, 0.6) is 0 Å². The quantitative estimate of drug-likeness (QED) is 0.562. The zero-order valence-corrected chi connectivity index (χ0v) is 10.4. The Bertz CT molecular complexity index is 463. The molecule has 1 rings (SSSR count). The first-order valence-corrected chi connectivity index (χ1v) is 5.72. The predicted octanol–water partition coefficient (Wildman–Crippen LogP) is -0.300. The van der Waals surface area contributed by atoms with Crippen molar-refractivity contribution in [1.29, 1.82) is 0 Å². The van der Waals surface area contributed by atoms with Crippen LogP contribution in [0.4, 0.5) is 0 Å². The van der Waals surface area contributed by atoms with Crippen LogP contribution in [0.1, 0.15) is 35.5 Å². The second-order valence-corrected chi connectivity index (χ2v) is 4.03. The lowest BCUT2D eigenvalue weighted by Crippen LogP contribution is -2.28. The molecule has 0 aromatic carbocycles. The summed E-state index contributed by atoms with van der Waals surface area (Å²) in [5.74, 6) is -1.47. The highest BCUT2D eigenvalue weighted by atomic mass is 16.4. The maximum absolute atomic E-state index is 11.0. The van der Waals surface area contributed by atoms with E-state index in [-0.39, 0.29) is 30.1 Å². The maximum Gasteiger partial charge on any atom is 0.337 e. The first kappa shape index (κ1) is 15.1. The van der Waals surface area contributed by atoms with Crippen molar-refractivity contribution in [2.75, 3.05) is 6.54 Å². The van der Waals surface area contributed by atoms with Gasteiger partial charge in [0.05, 0.1) is 17.4 Å². The topological polar surface area (TPSA) is 120 Å². The number of rotatable bonds is 6. The molecular weight excluding hydrogens is 252 g/mol. The fourth-order valence-corrected chi connectivity index (χ4v) is 1.57. The number of carboxylic acids is 1. The van der Waals surface area contributed by atoms with Gasteiger partial charge in [-0.05, 0) is 18.6 Å². The third-order valence-electron chi connectivity index (χ3n) is 2.53. The highest BCUT2D eigenvalue weighted by Crippen LogP contribution is 2.20. The molecule has 1 aromatic heterocycles. The Balaban J connectivity index is 2.73. The van der Waals surface area contributed by atoms with Gasteiger partial charge in [0.25, 0.3) is 0 Å². The van der Waals surface area contributed by atoms with Crippen LogP contribution in [0.25, 0.3) is 0 Å². The molecule has 1 heterocycles. The van der Waals surface area contributed by atoms with Crippen molar-refractivity contribution in [3.63, 3.8) is 0 Å². The van der Waals surface area contributed by atoms with E-state index >= 15 is 0 Å². The van der Waals surface area contributed by atoms with Gasteiger partial charge in [0.2, 0.25) is 5.91 Å². The van der Waals surface area contributed by atoms with Crippen molar-refractivity contribution >= 4 is 11.9 Å². The molecule has 0 saturated carbocycles. The Morgan fingerprint density at radius 2 is 2.11 bits per heavy atom. The minimum atomic E-state index is -1.42. The molecule has 1 aromatic rings. The Kier molecular flexibility index (Phi) is 5.40. The molecule has 1 amide bonds. The van der Waals surface area contributed by atoms with Crippen LogP contribution >= 0.6 is 0 Å². The Hall–Kier alpha value is -1.99. The third kappa shape index (κ3) is 4.31. The van der Waals surface area contributed by atoms with Crippen LogP contribution in [0, 0.1) is 0 Å². The van der Waals surface area contributed by atoms with Gasteiger partial charge in [0.1, 0.15) is 6.10 Å². The van der Waals surface area contributed by atoms with Crippen LogP contribution in [-0.2, 0) is 4.79 Å². The molecule has 0 aliphatic heterocycles. The molecule has 2 unspecified atom stereocenters. The highest BCUT2D eigenvalue weighted by molar-refractivity contribution is 5.88. The number of carbonyl (C=O) groups is 2. The average molecular weight is 268 g/mol. The van der Waals surface area contributed by atoms with Crippen molar-refractivity contribution in [1.82, 2.24) is 10.3 Å². The number of nitrogens with one attached hydrogen (secondary N) is 1. The van der Waals surface area contributed by atoms with E-state index in [1.807, 2.05) is 0 Å². The van der Waals surface area contributed by atoms with Gasteiger partial charge in [-0.1, -0.05) is 0 Å². The summed E-state index contributed by atoms with van der Waals surface area (Å²) >= 11 is 0. The number of nitrogens with zero attached hydrogens (tertiary/aromatic N) is 1. The molecule has 0 aliphatic rings. The van der Waals surface area contributed by atoms with Gasteiger partial charge in [0.15, 0.2) is 0 Å². The van der Waals surface area contributed by atoms with E-state index in [4.69, 9.17) is 5.11 Å². The second kappa shape index (κ2) is 6.81. The van der Waals surface area contributed by atoms with Gasteiger partial charge < -0.3 is 20.6 Å². The van der Waals surface area contributed by atoms with Crippen molar-refractivity contribution in [3.05, 3.63) is 29.6 Å². The number of aliphatic hydroxyl groups excluding tert-OH is 2. The van der Waals surface area contributed by atoms with Gasteiger partial charge in [-0.15, -0.1) is 0 Å². The first-order chi connectivity index (χ1) is 8.93. The number of aromatic carboxylic acids is 1. The monoisotopic (exact) mass is 268 g/mol. The van der Waals surface area contributed by atoms with E-state index in [0.29, 0.717) is 0 Å². The molecular formula is C12H16N2O5. The maximum atomic E-state index is 11.0. The Morgan fingerprint density at radius 1 is 1.42 bits per heavy atom. The molecule has 104 valence electrons. The summed E-state index contributed by atoms with van der Waals surface area (Å²) in [7, 11) is 0. The van der Waals surface area contributed by atoms with E-state index < -0.39 is 18.2 Å². The van der Waals surface area contributed by atoms with Crippen molar-refractivity contribution in [3.8, 4) is 0 Å². The number of amides is 1. The van der Waals surface area contributed by atoms with Crippen LogP contribution in [0.15, 0.2) is 18.3 Å². The number of aromatic nitrogens is 1. The fourth-order valence-electron chi connectivity index (χ4n) is 1.57. The Morgan fingerprint density at radius 3 is 2.68 bits per heavy atom. The largest absolute Gasteiger partial charge is 0.478 e. The number of pyridine rings is 1. The van der Waals surface area contributed by atoms with Crippen LogP contribution in [0.2, 0.25) is 0 Å². The third-order valence-corrected chi connectivity index (χ3v) is 2.53. The summed E-state index contributed by atoms with van der Waals surface area (Å²) in [6.45, 7) is 1.52. The van der Waals surface area contributed by atoms with Gasteiger partial charge in [-0.3, -0.25) is 9.78 Å². The molecule has 19 heavy (non-hydrogen) atoms. The summed E-state index contributed by atoms with van der Waals surface area (Å²) in [6.07, 6.45) is -1.19. The van der Waals surface area contributed by atoms with Crippen LogP contribution < -0.4 is 5.32 Å². The average Bonchev–Trinajstić information content (AvgIpc) is 2.37. The van der Waals surface area contributed by atoms with E-state index in [1.54, 1.807) is 0 Å². The lowest BCUT2D eigenvalue weighted by Gasteiger charge is -2.18. The lowest BCUT2D eigenvalue weighted by molar-refractivity contribution is -0.119. The van der Waals surface area contributed by atoms with Gasteiger partial charge >= 0.3 is 5.97 Å². The molecule has 0 spiro atoms. The second-order valence-electron chi connectivity index (χ2n) is 4.03. The summed E-state index contributed by atoms with van der Waals surface area (Å²) in [5, 5.41) is 31.1. The first-order valence-electron chi connectivity index (χ1n) is 5.72. The van der Waals surface area contributed by atoms with Gasteiger partial charge in [0, 0.05) is 19.7 Å². The van der Waals surface area contributed by atoms with Crippen molar-refractivity contribution in [2.24, 2.45) is 0 Å². The van der Waals surface area contributed by atoms with E-state index in [2.05, 4.69) is 10.3 Å². The standard InChI is InChI=1S/C12H16N2O5/c1-7(15)13-6-4-9(16)11(17)10-8(12(18)19)3-2-5-14-10/h2-3,5,9,11,16-17H,4,6H2,1H3,(H,13,15)(H,18,19). The molecule has 7 heteroatoms. The predicted molar refractivity (Wildman–Crippen MR) is 65.5 cm³/mol.